The Labute approximate surface area is 107 Å². The van der Waals surface area contributed by atoms with E-state index in [0.29, 0.717) is 12.1 Å². The summed E-state index contributed by atoms with van der Waals surface area (Å²) in [6, 6.07) is 2.69. The monoisotopic (exact) mass is 250 g/mol. The molecule has 4 heteroatoms. The van der Waals surface area contributed by atoms with Gasteiger partial charge in [0.15, 0.2) is 0 Å². The Morgan fingerprint density at radius 3 is 2.89 bits per heavy atom. The van der Waals surface area contributed by atoms with Gasteiger partial charge in [0.05, 0.1) is 0 Å². The number of nitrogens with one attached hydrogen (secondary N) is 1. The third kappa shape index (κ3) is 3.79. The Kier molecular flexibility index (Phi) is 4.67. The van der Waals surface area contributed by atoms with Crippen LogP contribution in [0.1, 0.15) is 48.9 Å². The maximum Gasteiger partial charge on any atom is 0.251 e. The quantitative estimate of drug-likeness (QED) is 0.835. The molecule has 1 amide bonds. The van der Waals surface area contributed by atoms with Gasteiger partial charge in [-0.3, -0.25) is 4.79 Å². The lowest BCUT2D eigenvalue weighted by Gasteiger charge is -2.21. The second kappa shape index (κ2) is 6.47. The number of hydrogen-bond donors (Lipinski definition) is 1. The van der Waals surface area contributed by atoms with Gasteiger partial charge in [0, 0.05) is 24.4 Å². The molecular weight excluding hydrogens is 231 g/mol. The van der Waals surface area contributed by atoms with Crippen LogP contribution in [0.25, 0.3) is 0 Å². The molecule has 0 saturated heterocycles. The van der Waals surface area contributed by atoms with Gasteiger partial charge in [0.2, 0.25) is 5.95 Å². The van der Waals surface area contributed by atoms with Crippen LogP contribution < -0.4 is 5.32 Å². The fourth-order valence-electron chi connectivity index (χ4n) is 2.51. The molecule has 1 heterocycles. The molecule has 0 radical (unpaired) electrons. The average molecular weight is 250 g/mol. The highest BCUT2D eigenvalue weighted by molar-refractivity contribution is 5.93. The zero-order valence-corrected chi connectivity index (χ0v) is 10.5. The molecule has 0 unspecified atom stereocenters. The lowest BCUT2D eigenvalue weighted by molar-refractivity contribution is 0.0949. The summed E-state index contributed by atoms with van der Waals surface area (Å²) >= 11 is 0. The SMILES string of the molecule is O=C(NCCC1CCCCC1)c1ccnc(F)c1. The Hall–Kier alpha value is -1.45. The van der Waals surface area contributed by atoms with Crippen molar-refractivity contribution in [1.82, 2.24) is 10.3 Å². The first-order valence-electron chi connectivity index (χ1n) is 6.65. The zero-order valence-electron chi connectivity index (χ0n) is 10.5. The molecule has 0 aromatic carbocycles. The van der Waals surface area contributed by atoms with E-state index < -0.39 is 5.95 Å². The molecule has 0 spiro atoms. The van der Waals surface area contributed by atoms with Gasteiger partial charge < -0.3 is 5.32 Å². The molecule has 1 aromatic rings. The maximum absolute atomic E-state index is 12.8. The van der Waals surface area contributed by atoms with Gasteiger partial charge in [-0.05, 0) is 18.4 Å². The van der Waals surface area contributed by atoms with Gasteiger partial charge in [-0.2, -0.15) is 4.39 Å². The summed E-state index contributed by atoms with van der Waals surface area (Å²) < 4.78 is 12.8. The van der Waals surface area contributed by atoms with Crippen LogP contribution in [0.2, 0.25) is 0 Å². The van der Waals surface area contributed by atoms with Crippen LogP contribution in [0, 0.1) is 11.9 Å². The van der Waals surface area contributed by atoms with Gasteiger partial charge in [-0.15, -0.1) is 0 Å². The molecule has 1 saturated carbocycles. The predicted octanol–water partition coefficient (Wildman–Crippen LogP) is 2.92. The predicted molar refractivity (Wildman–Crippen MR) is 67.7 cm³/mol. The minimum Gasteiger partial charge on any atom is -0.352 e. The van der Waals surface area contributed by atoms with Crippen molar-refractivity contribution in [2.45, 2.75) is 38.5 Å². The Morgan fingerprint density at radius 2 is 2.17 bits per heavy atom. The summed E-state index contributed by atoms with van der Waals surface area (Å²) in [5.41, 5.74) is 0.339. The van der Waals surface area contributed by atoms with E-state index in [1.807, 2.05) is 0 Å². The number of rotatable bonds is 4. The molecule has 1 aromatic heterocycles. The van der Waals surface area contributed by atoms with Crippen LogP contribution in [0.3, 0.4) is 0 Å². The minimum absolute atomic E-state index is 0.216. The molecule has 0 aliphatic heterocycles. The number of carbonyl (C=O) groups is 1. The highest BCUT2D eigenvalue weighted by Crippen LogP contribution is 2.25. The van der Waals surface area contributed by atoms with Crippen molar-refractivity contribution in [3.8, 4) is 0 Å². The smallest absolute Gasteiger partial charge is 0.251 e. The van der Waals surface area contributed by atoms with Gasteiger partial charge in [-0.25, -0.2) is 4.98 Å². The lowest BCUT2D eigenvalue weighted by Crippen LogP contribution is -2.26. The molecule has 98 valence electrons. The van der Waals surface area contributed by atoms with E-state index in [9.17, 15) is 9.18 Å². The highest BCUT2D eigenvalue weighted by atomic mass is 19.1. The molecule has 1 fully saturated rings. The molecule has 18 heavy (non-hydrogen) atoms. The van der Waals surface area contributed by atoms with E-state index in [1.165, 1.54) is 44.4 Å². The topological polar surface area (TPSA) is 42.0 Å². The van der Waals surface area contributed by atoms with Crippen molar-refractivity contribution < 1.29 is 9.18 Å². The first kappa shape index (κ1) is 13.0. The van der Waals surface area contributed by atoms with Crippen LogP contribution in [0.5, 0.6) is 0 Å². The van der Waals surface area contributed by atoms with Crippen LogP contribution in [-0.2, 0) is 0 Å². The first-order valence-corrected chi connectivity index (χ1v) is 6.65. The molecule has 2 rings (SSSR count). The molecule has 3 nitrogen and oxygen atoms in total. The van der Waals surface area contributed by atoms with Gasteiger partial charge in [0.25, 0.3) is 5.91 Å². The fraction of sp³-hybridized carbons (Fsp3) is 0.571. The third-order valence-electron chi connectivity index (χ3n) is 3.55. The van der Waals surface area contributed by atoms with Crippen molar-refractivity contribution in [3.63, 3.8) is 0 Å². The standard InChI is InChI=1S/C14H19FN2O/c15-13-10-12(7-9-16-13)14(18)17-8-6-11-4-2-1-3-5-11/h7,9-11H,1-6,8H2,(H,17,18). The molecule has 0 bridgehead atoms. The third-order valence-corrected chi connectivity index (χ3v) is 3.55. The molecule has 1 aliphatic rings. The number of pyridine rings is 1. The van der Waals surface area contributed by atoms with E-state index >= 15 is 0 Å². The summed E-state index contributed by atoms with van der Waals surface area (Å²) in [4.78, 5) is 15.2. The van der Waals surface area contributed by atoms with Crippen molar-refractivity contribution in [2.24, 2.45) is 5.92 Å². The van der Waals surface area contributed by atoms with Gasteiger partial charge >= 0.3 is 0 Å². The molecule has 1 N–H and O–H groups in total. The minimum atomic E-state index is -0.616. The van der Waals surface area contributed by atoms with Crippen LogP contribution in [-0.4, -0.2) is 17.4 Å². The van der Waals surface area contributed by atoms with Gasteiger partial charge in [0.1, 0.15) is 0 Å². The number of aromatic nitrogens is 1. The Morgan fingerprint density at radius 1 is 1.39 bits per heavy atom. The van der Waals surface area contributed by atoms with Gasteiger partial charge in [-0.1, -0.05) is 32.1 Å². The first-order chi connectivity index (χ1) is 8.75. The van der Waals surface area contributed by atoms with Crippen LogP contribution >= 0.6 is 0 Å². The summed E-state index contributed by atoms with van der Waals surface area (Å²) in [6.07, 6.45) is 8.87. The Bertz CT molecular complexity index is 403. The van der Waals surface area contributed by atoms with E-state index in [1.54, 1.807) is 0 Å². The lowest BCUT2D eigenvalue weighted by atomic mass is 9.87. The van der Waals surface area contributed by atoms with E-state index in [-0.39, 0.29) is 5.91 Å². The Balaban J connectivity index is 1.74. The highest BCUT2D eigenvalue weighted by Gasteiger charge is 2.13. The van der Waals surface area contributed by atoms with Crippen molar-refractivity contribution in [2.75, 3.05) is 6.54 Å². The van der Waals surface area contributed by atoms with Crippen molar-refractivity contribution in [3.05, 3.63) is 29.8 Å². The molecule has 0 atom stereocenters. The van der Waals surface area contributed by atoms with Crippen molar-refractivity contribution >= 4 is 5.91 Å². The summed E-state index contributed by atoms with van der Waals surface area (Å²) in [7, 11) is 0. The summed E-state index contributed by atoms with van der Waals surface area (Å²) in [6.45, 7) is 0.674. The average Bonchev–Trinajstić information content (AvgIpc) is 2.40. The second-order valence-corrected chi connectivity index (χ2v) is 4.92. The maximum atomic E-state index is 12.8. The van der Waals surface area contributed by atoms with E-state index in [4.69, 9.17) is 0 Å². The molecular formula is C14H19FN2O. The fourth-order valence-corrected chi connectivity index (χ4v) is 2.51. The molecule has 1 aliphatic carbocycles. The number of carbonyl (C=O) groups excluding carboxylic acids is 1. The number of nitrogens with zero attached hydrogens (tertiary/aromatic N) is 1. The van der Waals surface area contributed by atoms with Crippen molar-refractivity contribution in [1.29, 1.82) is 0 Å². The second-order valence-electron chi connectivity index (χ2n) is 4.92. The van der Waals surface area contributed by atoms with E-state index in [2.05, 4.69) is 10.3 Å². The summed E-state index contributed by atoms with van der Waals surface area (Å²) in [5, 5.41) is 2.84. The normalized spacial score (nSPS) is 16.5. The number of amides is 1. The van der Waals surface area contributed by atoms with Crippen LogP contribution in [0.15, 0.2) is 18.3 Å². The largest absolute Gasteiger partial charge is 0.352 e. The number of hydrogen-bond acceptors (Lipinski definition) is 2. The number of halogens is 1. The zero-order chi connectivity index (χ0) is 12.8. The summed E-state index contributed by atoms with van der Waals surface area (Å²) in [5.74, 6) is -0.0877. The van der Waals surface area contributed by atoms with E-state index in [0.717, 1.165) is 18.4 Å². The van der Waals surface area contributed by atoms with Crippen LogP contribution in [0.4, 0.5) is 4.39 Å².